The molecule has 1 aromatic carbocycles. The lowest BCUT2D eigenvalue weighted by Crippen LogP contribution is -2.41. The average Bonchev–Trinajstić information content (AvgIpc) is 3.38. The second-order valence-electron chi connectivity index (χ2n) is 8.17. The van der Waals surface area contributed by atoms with E-state index in [9.17, 15) is 13.2 Å². The van der Waals surface area contributed by atoms with E-state index in [1.165, 1.54) is 15.6 Å². The lowest BCUT2D eigenvalue weighted by atomic mass is 9.97. The molecule has 4 rings (SSSR count). The second-order valence-corrected chi connectivity index (χ2v) is 10.9. The highest BCUT2D eigenvalue weighted by atomic mass is 32.2. The van der Waals surface area contributed by atoms with E-state index in [2.05, 4.69) is 15.5 Å². The summed E-state index contributed by atoms with van der Waals surface area (Å²) in [6.45, 7) is 6.00. The van der Waals surface area contributed by atoms with Gasteiger partial charge in [0.2, 0.25) is 15.9 Å². The average molecular weight is 487 g/mol. The molecule has 0 bridgehead atoms. The molecular formula is C23H26N4O4S2. The Labute approximate surface area is 197 Å². The number of nitrogens with one attached hydrogen (secondary N) is 1. The minimum atomic E-state index is -3.81. The molecule has 0 atom stereocenters. The molecule has 0 spiro atoms. The zero-order valence-corrected chi connectivity index (χ0v) is 20.4. The van der Waals surface area contributed by atoms with Crippen LogP contribution >= 0.6 is 11.3 Å². The van der Waals surface area contributed by atoms with Crippen LogP contribution in [0.2, 0.25) is 0 Å². The van der Waals surface area contributed by atoms with Crippen molar-refractivity contribution < 1.29 is 17.7 Å². The van der Waals surface area contributed by atoms with Gasteiger partial charge in [0.05, 0.1) is 5.69 Å². The normalized spacial score (nSPS) is 15.8. The van der Waals surface area contributed by atoms with E-state index in [-0.39, 0.29) is 35.6 Å². The van der Waals surface area contributed by atoms with Crippen molar-refractivity contribution in [1.82, 2.24) is 14.4 Å². The molecule has 33 heavy (non-hydrogen) atoms. The van der Waals surface area contributed by atoms with E-state index in [1.807, 2.05) is 43.5 Å². The van der Waals surface area contributed by atoms with Gasteiger partial charge >= 0.3 is 0 Å². The van der Waals surface area contributed by atoms with Gasteiger partial charge in [0, 0.05) is 24.4 Å². The first kappa shape index (κ1) is 23.3. The third kappa shape index (κ3) is 5.23. The van der Waals surface area contributed by atoms with Crippen molar-refractivity contribution >= 4 is 44.6 Å². The van der Waals surface area contributed by atoms with Crippen LogP contribution in [-0.2, 0) is 14.8 Å². The maximum absolute atomic E-state index is 13.4. The fourth-order valence-corrected chi connectivity index (χ4v) is 6.17. The molecule has 1 fully saturated rings. The Bertz CT molecular complexity index is 1270. The van der Waals surface area contributed by atoms with Crippen LogP contribution in [0.5, 0.6) is 0 Å². The summed E-state index contributed by atoms with van der Waals surface area (Å²) in [4.78, 5) is 16.9. The monoisotopic (exact) mass is 486 g/mol. The highest BCUT2D eigenvalue weighted by Crippen LogP contribution is 2.30. The molecule has 1 aliphatic rings. The number of carbonyl (C=O) groups is 1. The molecule has 8 nitrogen and oxygen atoms in total. The first-order valence-corrected chi connectivity index (χ1v) is 13.0. The Morgan fingerprint density at radius 2 is 1.85 bits per heavy atom. The zero-order valence-electron chi connectivity index (χ0n) is 18.7. The Morgan fingerprint density at radius 3 is 2.48 bits per heavy atom. The van der Waals surface area contributed by atoms with Gasteiger partial charge in [-0.3, -0.25) is 4.79 Å². The summed E-state index contributed by atoms with van der Waals surface area (Å²) < 4.78 is 33.5. The van der Waals surface area contributed by atoms with Crippen molar-refractivity contribution in [3.63, 3.8) is 0 Å². The minimum absolute atomic E-state index is 0.0759. The van der Waals surface area contributed by atoms with Crippen LogP contribution in [0, 0.1) is 26.7 Å². The van der Waals surface area contributed by atoms with E-state index >= 15 is 0 Å². The van der Waals surface area contributed by atoms with Gasteiger partial charge in [-0.05, 0) is 45.3 Å². The fourth-order valence-electron chi connectivity index (χ4n) is 3.75. The van der Waals surface area contributed by atoms with Crippen LogP contribution < -0.4 is 5.32 Å². The van der Waals surface area contributed by atoms with E-state index in [4.69, 9.17) is 4.52 Å². The molecule has 0 saturated carbocycles. The Kier molecular flexibility index (Phi) is 6.78. The molecule has 1 N–H and O–H groups in total. The summed E-state index contributed by atoms with van der Waals surface area (Å²) in [5, 5.41) is 9.17. The van der Waals surface area contributed by atoms with Crippen LogP contribution in [0.25, 0.3) is 12.2 Å². The lowest BCUT2D eigenvalue weighted by molar-refractivity contribution is -0.120. The largest absolute Gasteiger partial charge is 0.355 e. The number of carbonyl (C=O) groups excluding carboxylic acids is 1. The third-order valence-corrected chi connectivity index (χ3v) is 8.54. The zero-order chi connectivity index (χ0) is 23.6. The summed E-state index contributed by atoms with van der Waals surface area (Å²) in [6.07, 6.45) is 4.31. The maximum Gasteiger partial charge on any atom is 0.248 e. The molecule has 3 aromatic rings. The molecule has 1 aliphatic heterocycles. The number of hydrogen-bond donors (Lipinski definition) is 1. The summed E-state index contributed by atoms with van der Waals surface area (Å²) in [6, 6.07) is 7.87. The topological polar surface area (TPSA) is 105 Å². The smallest absolute Gasteiger partial charge is 0.248 e. The number of benzene rings is 1. The number of aromatic nitrogens is 2. The van der Waals surface area contributed by atoms with Gasteiger partial charge < -0.3 is 9.84 Å². The molecule has 0 radical (unpaired) electrons. The molecular weight excluding hydrogens is 460 g/mol. The van der Waals surface area contributed by atoms with E-state index in [0.717, 1.165) is 16.8 Å². The Hall–Kier alpha value is -2.82. The quantitative estimate of drug-likeness (QED) is 0.558. The summed E-state index contributed by atoms with van der Waals surface area (Å²) in [7, 11) is -3.81. The number of thiazole rings is 1. The first-order valence-electron chi connectivity index (χ1n) is 10.7. The van der Waals surface area contributed by atoms with Gasteiger partial charge in [0.1, 0.15) is 5.69 Å². The van der Waals surface area contributed by atoms with Crippen molar-refractivity contribution in [2.24, 2.45) is 5.92 Å². The van der Waals surface area contributed by atoms with Gasteiger partial charge in [0.25, 0.3) is 0 Å². The number of sulfonamides is 1. The van der Waals surface area contributed by atoms with E-state index in [0.29, 0.717) is 23.7 Å². The molecule has 0 aliphatic carbocycles. The van der Waals surface area contributed by atoms with Gasteiger partial charge in [-0.2, -0.15) is 4.31 Å². The Morgan fingerprint density at radius 1 is 1.15 bits per heavy atom. The van der Waals surface area contributed by atoms with Gasteiger partial charge in [0.15, 0.2) is 15.8 Å². The third-order valence-electron chi connectivity index (χ3n) is 5.61. The molecule has 3 heterocycles. The molecule has 1 saturated heterocycles. The van der Waals surface area contributed by atoms with E-state index in [1.54, 1.807) is 19.1 Å². The van der Waals surface area contributed by atoms with Crippen molar-refractivity contribution in [2.45, 2.75) is 38.5 Å². The number of piperidine rings is 1. The maximum atomic E-state index is 13.4. The van der Waals surface area contributed by atoms with Crippen LogP contribution in [0.1, 0.15) is 41.1 Å². The van der Waals surface area contributed by atoms with Crippen LogP contribution in [0.3, 0.4) is 0 Å². The molecule has 1 amide bonds. The van der Waals surface area contributed by atoms with Crippen molar-refractivity contribution in [3.05, 3.63) is 57.9 Å². The molecule has 174 valence electrons. The molecule has 10 heteroatoms. The van der Waals surface area contributed by atoms with Crippen molar-refractivity contribution in [3.8, 4) is 0 Å². The SMILES string of the molecule is Cc1ccc(/C=C/c2onc(C)c2S(=O)(=O)N2CCC(C(=O)Nc3nc(C)cs3)CC2)cc1. The van der Waals surface area contributed by atoms with E-state index < -0.39 is 10.0 Å². The van der Waals surface area contributed by atoms with Gasteiger partial charge in [-0.25, -0.2) is 13.4 Å². The summed E-state index contributed by atoms with van der Waals surface area (Å²) in [5.41, 5.74) is 3.25. The predicted octanol–water partition coefficient (Wildman–Crippen LogP) is 4.27. The predicted molar refractivity (Wildman–Crippen MR) is 128 cm³/mol. The van der Waals surface area contributed by atoms with Gasteiger partial charge in [-0.15, -0.1) is 11.3 Å². The number of aryl methyl sites for hydroxylation is 3. The number of amides is 1. The van der Waals surface area contributed by atoms with Gasteiger partial charge in [-0.1, -0.05) is 41.1 Å². The van der Waals surface area contributed by atoms with Crippen molar-refractivity contribution in [1.29, 1.82) is 0 Å². The number of nitrogens with zero attached hydrogens (tertiary/aromatic N) is 3. The minimum Gasteiger partial charge on any atom is -0.355 e. The number of rotatable bonds is 6. The number of hydrogen-bond acceptors (Lipinski definition) is 7. The second kappa shape index (κ2) is 9.58. The summed E-state index contributed by atoms with van der Waals surface area (Å²) >= 11 is 1.38. The molecule has 0 unspecified atom stereocenters. The highest BCUT2D eigenvalue weighted by molar-refractivity contribution is 7.89. The highest BCUT2D eigenvalue weighted by Gasteiger charge is 2.36. The Balaban J connectivity index is 1.45. The van der Waals surface area contributed by atoms with Crippen molar-refractivity contribution in [2.75, 3.05) is 18.4 Å². The standard InChI is InChI=1S/C23H26N4O4S2/c1-15-4-6-18(7-5-15)8-9-20-21(17(3)26-31-20)33(29,30)27-12-10-19(11-13-27)22(28)25-23-24-16(2)14-32-23/h4-9,14,19H,10-13H2,1-3H3,(H,24,25,28)/b9-8+. The van der Waals surface area contributed by atoms with Crippen LogP contribution in [0.15, 0.2) is 39.1 Å². The fraction of sp³-hybridized carbons (Fsp3) is 0.348. The molecule has 2 aromatic heterocycles. The summed E-state index contributed by atoms with van der Waals surface area (Å²) in [5.74, 6) is -0.179. The first-order chi connectivity index (χ1) is 15.7. The van der Waals surface area contributed by atoms with Crippen LogP contribution in [-0.4, -0.2) is 41.9 Å². The lowest BCUT2D eigenvalue weighted by Gasteiger charge is -2.30. The number of anilines is 1. The van der Waals surface area contributed by atoms with Crippen LogP contribution in [0.4, 0.5) is 5.13 Å².